The van der Waals surface area contributed by atoms with E-state index in [1.165, 1.54) is 18.8 Å². The summed E-state index contributed by atoms with van der Waals surface area (Å²) in [5.41, 5.74) is 2.43. The predicted molar refractivity (Wildman–Crippen MR) is 108 cm³/mol. The largest absolute Gasteiger partial charge is 0.341 e. The third-order valence-electron chi connectivity index (χ3n) is 3.76. The summed E-state index contributed by atoms with van der Waals surface area (Å²) in [7, 11) is 1.54. The number of carbonyl (C=O) groups is 2. The fourth-order valence-electron chi connectivity index (χ4n) is 2.53. The zero-order chi connectivity index (χ0) is 19.2. The van der Waals surface area contributed by atoms with Gasteiger partial charge in [-0.1, -0.05) is 36.0 Å². The van der Waals surface area contributed by atoms with Crippen molar-refractivity contribution in [3.8, 4) is 5.69 Å². The van der Waals surface area contributed by atoms with Crippen molar-refractivity contribution in [1.29, 1.82) is 0 Å². The quantitative estimate of drug-likeness (QED) is 0.589. The van der Waals surface area contributed by atoms with Crippen molar-refractivity contribution < 1.29 is 9.59 Å². The molecule has 0 spiro atoms. The summed E-state index contributed by atoms with van der Waals surface area (Å²) < 4.78 is 1.81. The lowest BCUT2D eigenvalue weighted by atomic mass is 10.2. The van der Waals surface area contributed by atoms with Gasteiger partial charge in [-0.2, -0.15) is 0 Å². The molecule has 1 heterocycles. The molecule has 2 aromatic carbocycles. The molecular formula is C19H19N5O2S. The highest BCUT2D eigenvalue weighted by Crippen LogP contribution is 2.23. The van der Waals surface area contributed by atoms with Crippen molar-refractivity contribution in [1.82, 2.24) is 14.9 Å². The first-order chi connectivity index (χ1) is 13.1. The average Bonchev–Trinajstić information content (AvgIpc) is 3.13. The van der Waals surface area contributed by atoms with Gasteiger partial charge in [0, 0.05) is 24.1 Å². The molecule has 3 N–H and O–H groups in total. The number of amides is 3. The van der Waals surface area contributed by atoms with E-state index >= 15 is 0 Å². The van der Waals surface area contributed by atoms with Crippen LogP contribution in [-0.4, -0.2) is 34.8 Å². The van der Waals surface area contributed by atoms with Crippen LogP contribution in [-0.2, 0) is 0 Å². The van der Waals surface area contributed by atoms with Crippen LogP contribution in [0.5, 0.6) is 0 Å². The summed E-state index contributed by atoms with van der Waals surface area (Å²) in [5.74, 6) is -0.288. The van der Waals surface area contributed by atoms with Gasteiger partial charge in [0.2, 0.25) is 0 Å². The van der Waals surface area contributed by atoms with Crippen molar-refractivity contribution in [3.63, 3.8) is 0 Å². The number of carbonyl (C=O) groups excluding carboxylic acids is 2. The Morgan fingerprint density at radius 1 is 1.00 bits per heavy atom. The third-order valence-corrected chi connectivity index (χ3v) is 4.42. The van der Waals surface area contributed by atoms with Crippen LogP contribution in [0.25, 0.3) is 5.69 Å². The van der Waals surface area contributed by atoms with Crippen LogP contribution in [0.1, 0.15) is 10.5 Å². The highest BCUT2D eigenvalue weighted by molar-refractivity contribution is 7.98. The highest BCUT2D eigenvalue weighted by Gasteiger charge is 2.18. The molecule has 0 unspecified atom stereocenters. The van der Waals surface area contributed by atoms with Gasteiger partial charge >= 0.3 is 6.03 Å². The summed E-state index contributed by atoms with van der Waals surface area (Å²) in [5, 5.41) is 8.74. The monoisotopic (exact) mass is 381 g/mol. The zero-order valence-electron chi connectivity index (χ0n) is 14.9. The van der Waals surface area contributed by atoms with Crippen LogP contribution in [0, 0.1) is 0 Å². The van der Waals surface area contributed by atoms with Crippen LogP contribution in [0.4, 0.5) is 16.2 Å². The lowest BCUT2D eigenvalue weighted by Gasteiger charge is -2.12. The minimum absolute atomic E-state index is 0.288. The van der Waals surface area contributed by atoms with Gasteiger partial charge in [0.15, 0.2) is 5.16 Å². The van der Waals surface area contributed by atoms with Gasteiger partial charge < -0.3 is 16.0 Å². The number of benzene rings is 2. The van der Waals surface area contributed by atoms with Gasteiger partial charge in [-0.15, -0.1) is 0 Å². The Kier molecular flexibility index (Phi) is 5.77. The summed E-state index contributed by atoms with van der Waals surface area (Å²) >= 11 is 1.46. The molecule has 0 bridgehead atoms. The first-order valence-electron chi connectivity index (χ1n) is 8.19. The molecule has 1 aromatic heterocycles. The standard InChI is InChI=1S/C19H19N5O2S/c1-20-18(26)23-14-8-6-7-13(11-14)22-17(25)16-12-21-19(27-2)24(16)15-9-4-3-5-10-15/h3-12H,1-2H3,(H,22,25)(H2,20,23,26). The first kappa shape index (κ1) is 18.5. The Hall–Kier alpha value is -3.26. The van der Waals surface area contributed by atoms with Crippen LogP contribution >= 0.6 is 11.8 Å². The van der Waals surface area contributed by atoms with Crippen molar-refractivity contribution >= 4 is 35.1 Å². The fraction of sp³-hybridized carbons (Fsp3) is 0.105. The van der Waals surface area contributed by atoms with E-state index in [4.69, 9.17) is 0 Å². The van der Waals surface area contributed by atoms with Crippen molar-refractivity contribution in [2.45, 2.75) is 5.16 Å². The molecule has 138 valence electrons. The molecule has 27 heavy (non-hydrogen) atoms. The van der Waals surface area contributed by atoms with E-state index in [2.05, 4.69) is 20.9 Å². The zero-order valence-corrected chi connectivity index (χ0v) is 15.7. The summed E-state index contributed by atoms with van der Waals surface area (Å²) in [6.07, 6.45) is 3.47. The molecule has 0 aliphatic heterocycles. The SMILES string of the molecule is CNC(=O)Nc1cccc(NC(=O)c2cnc(SC)n2-c2ccccc2)c1. The lowest BCUT2D eigenvalue weighted by molar-refractivity contribution is 0.102. The molecule has 0 saturated heterocycles. The number of nitrogens with one attached hydrogen (secondary N) is 3. The second-order valence-electron chi connectivity index (χ2n) is 5.54. The number of thioether (sulfide) groups is 1. The van der Waals surface area contributed by atoms with Crippen molar-refractivity contribution in [2.75, 3.05) is 23.9 Å². The smallest absolute Gasteiger partial charge is 0.318 e. The van der Waals surface area contributed by atoms with Gasteiger partial charge in [0.25, 0.3) is 5.91 Å². The van der Waals surface area contributed by atoms with E-state index in [9.17, 15) is 9.59 Å². The Morgan fingerprint density at radius 3 is 2.37 bits per heavy atom. The third kappa shape index (κ3) is 4.29. The lowest BCUT2D eigenvalue weighted by Crippen LogP contribution is -2.24. The van der Waals surface area contributed by atoms with Gasteiger partial charge in [-0.25, -0.2) is 9.78 Å². The first-order valence-corrected chi connectivity index (χ1v) is 9.42. The number of hydrogen-bond donors (Lipinski definition) is 3. The minimum Gasteiger partial charge on any atom is -0.341 e. The summed E-state index contributed by atoms with van der Waals surface area (Å²) in [4.78, 5) is 28.6. The number of nitrogens with zero attached hydrogens (tertiary/aromatic N) is 2. The molecule has 7 nitrogen and oxygen atoms in total. The highest BCUT2D eigenvalue weighted by atomic mass is 32.2. The second kappa shape index (κ2) is 8.41. The Labute approximate surface area is 161 Å². The van der Waals surface area contributed by atoms with Gasteiger partial charge in [0.05, 0.1) is 6.20 Å². The second-order valence-corrected chi connectivity index (χ2v) is 6.31. The number of imidazole rings is 1. The molecule has 0 saturated carbocycles. The Bertz CT molecular complexity index is 956. The number of hydrogen-bond acceptors (Lipinski definition) is 4. The average molecular weight is 381 g/mol. The number of anilines is 2. The maximum atomic E-state index is 12.8. The van der Waals surface area contributed by atoms with Crippen LogP contribution in [0.3, 0.4) is 0 Å². The van der Waals surface area contributed by atoms with Gasteiger partial charge in [0.1, 0.15) is 5.69 Å². The van der Waals surface area contributed by atoms with Crippen LogP contribution in [0.2, 0.25) is 0 Å². The van der Waals surface area contributed by atoms with E-state index in [0.717, 1.165) is 10.8 Å². The van der Waals surface area contributed by atoms with E-state index < -0.39 is 0 Å². The fourth-order valence-corrected chi connectivity index (χ4v) is 3.07. The molecule has 0 radical (unpaired) electrons. The number of urea groups is 1. The maximum Gasteiger partial charge on any atom is 0.318 e. The molecular weight excluding hydrogens is 362 g/mol. The van der Waals surface area contributed by atoms with Crippen LogP contribution in [0.15, 0.2) is 66.0 Å². The summed E-state index contributed by atoms with van der Waals surface area (Å²) in [6.45, 7) is 0. The molecule has 8 heteroatoms. The molecule has 3 rings (SSSR count). The van der Waals surface area contributed by atoms with E-state index in [1.807, 2.05) is 41.2 Å². The molecule has 0 fully saturated rings. The van der Waals surface area contributed by atoms with Gasteiger partial charge in [-0.3, -0.25) is 9.36 Å². The van der Waals surface area contributed by atoms with Crippen LogP contribution < -0.4 is 16.0 Å². The predicted octanol–water partition coefficient (Wildman–Crippen LogP) is 3.60. The van der Waals surface area contributed by atoms with Gasteiger partial charge in [-0.05, 0) is 36.6 Å². The Balaban J connectivity index is 1.86. The molecule has 3 amide bonds. The topological polar surface area (TPSA) is 88.1 Å². The molecule has 0 aliphatic rings. The summed E-state index contributed by atoms with van der Waals surface area (Å²) in [6, 6.07) is 16.2. The molecule has 0 atom stereocenters. The number of para-hydroxylation sites is 1. The van der Waals surface area contributed by atoms with E-state index in [1.54, 1.807) is 30.5 Å². The van der Waals surface area contributed by atoms with E-state index in [0.29, 0.717) is 17.1 Å². The number of rotatable bonds is 5. The molecule has 3 aromatic rings. The maximum absolute atomic E-state index is 12.8. The normalized spacial score (nSPS) is 10.3. The van der Waals surface area contributed by atoms with Crippen molar-refractivity contribution in [2.24, 2.45) is 0 Å². The Morgan fingerprint density at radius 2 is 1.70 bits per heavy atom. The molecule has 0 aliphatic carbocycles. The van der Waals surface area contributed by atoms with Crippen molar-refractivity contribution in [3.05, 3.63) is 66.5 Å². The van der Waals surface area contributed by atoms with E-state index in [-0.39, 0.29) is 11.9 Å². The number of aromatic nitrogens is 2. The minimum atomic E-state index is -0.328.